The summed E-state index contributed by atoms with van der Waals surface area (Å²) >= 11 is 1.31. The van der Waals surface area contributed by atoms with Gasteiger partial charge in [-0.2, -0.15) is 0 Å². The Morgan fingerprint density at radius 2 is 1.47 bits per heavy atom. The minimum atomic E-state index is -0.160. The van der Waals surface area contributed by atoms with Gasteiger partial charge in [0.1, 0.15) is 0 Å². The number of ether oxygens (including phenoxy) is 3. The maximum Gasteiger partial charge on any atom is 0.271 e. The Bertz CT molecular complexity index is 1180. The molecule has 7 heteroatoms. The highest BCUT2D eigenvalue weighted by Crippen LogP contribution is 2.43. The highest BCUT2D eigenvalue weighted by Gasteiger charge is 2.35. The minimum absolute atomic E-state index is 0.160. The fourth-order valence-electron chi connectivity index (χ4n) is 3.35. The second-order valence-electron chi connectivity index (χ2n) is 6.74. The molecule has 0 bridgehead atoms. The van der Waals surface area contributed by atoms with Crippen molar-refractivity contribution < 1.29 is 19.0 Å². The highest BCUT2D eigenvalue weighted by atomic mass is 32.2. The Hall–Kier alpha value is -3.71. The van der Waals surface area contributed by atoms with E-state index in [4.69, 9.17) is 19.2 Å². The molecule has 0 radical (unpaired) electrons. The predicted octanol–water partition coefficient (Wildman–Crippen LogP) is 5.52. The number of benzene rings is 3. The molecule has 0 saturated carbocycles. The average molecular weight is 447 g/mol. The number of carbonyl (C=O) groups excluding carboxylic acids is 1. The van der Waals surface area contributed by atoms with Crippen LogP contribution in [-0.2, 0) is 4.79 Å². The lowest BCUT2D eigenvalue weighted by Crippen LogP contribution is -2.28. The zero-order chi connectivity index (χ0) is 22.5. The van der Waals surface area contributed by atoms with E-state index in [2.05, 4.69) is 0 Å². The molecule has 1 aliphatic heterocycles. The van der Waals surface area contributed by atoms with Crippen molar-refractivity contribution in [2.45, 2.75) is 0 Å². The van der Waals surface area contributed by atoms with E-state index >= 15 is 0 Å². The first kappa shape index (κ1) is 21.5. The second-order valence-corrected chi connectivity index (χ2v) is 7.75. The molecule has 1 heterocycles. The molecule has 32 heavy (non-hydrogen) atoms. The number of thioether (sulfide) groups is 1. The van der Waals surface area contributed by atoms with Gasteiger partial charge in [0, 0.05) is 5.56 Å². The molecule has 1 amide bonds. The van der Waals surface area contributed by atoms with Crippen molar-refractivity contribution in [3.05, 3.63) is 83.3 Å². The average Bonchev–Trinajstić information content (AvgIpc) is 3.14. The van der Waals surface area contributed by atoms with Gasteiger partial charge in [-0.3, -0.25) is 9.69 Å². The van der Waals surface area contributed by atoms with Crippen molar-refractivity contribution in [1.29, 1.82) is 0 Å². The standard InChI is InChI=1S/C25H22N2O4S/c1-29-20-15-14-17(22(30-2)23(20)31-3)16-21-24(28)27(19-12-8-5-9-13-19)25(32-21)26-18-10-6-4-7-11-18/h4-16H,1-3H3. The normalized spacial score (nSPS) is 16.0. The zero-order valence-corrected chi connectivity index (χ0v) is 18.8. The molecule has 0 spiro atoms. The predicted molar refractivity (Wildman–Crippen MR) is 129 cm³/mol. The number of anilines is 1. The lowest BCUT2D eigenvalue weighted by molar-refractivity contribution is -0.113. The maximum atomic E-state index is 13.4. The molecule has 6 nitrogen and oxygen atoms in total. The summed E-state index contributed by atoms with van der Waals surface area (Å²) in [6.07, 6.45) is 1.79. The van der Waals surface area contributed by atoms with Crippen LogP contribution < -0.4 is 19.1 Å². The summed E-state index contributed by atoms with van der Waals surface area (Å²) in [5.74, 6) is 1.35. The molecule has 0 aliphatic carbocycles. The smallest absolute Gasteiger partial charge is 0.271 e. The van der Waals surface area contributed by atoms with Gasteiger partial charge >= 0.3 is 0 Å². The third-order valence-corrected chi connectivity index (χ3v) is 5.79. The number of para-hydroxylation sites is 2. The van der Waals surface area contributed by atoms with Crippen LogP contribution in [0.3, 0.4) is 0 Å². The number of methoxy groups -OCH3 is 3. The SMILES string of the molecule is COc1ccc(C=C2SC(=Nc3ccccc3)N(c3ccccc3)C2=O)c(OC)c1OC. The first-order valence-corrected chi connectivity index (χ1v) is 10.7. The van der Waals surface area contributed by atoms with Crippen molar-refractivity contribution in [2.75, 3.05) is 26.2 Å². The van der Waals surface area contributed by atoms with E-state index in [1.165, 1.54) is 11.8 Å². The summed E-state index contributed by atoms with van der Waals surface area (Å²) in [4.78, 5) is 20.3. The summed E-state index contributed by atoms with van der Waals surface area (Å²) in [7, 11) is 4.67. The van der Waals surface area contributed by atoms with Crippen LogP contribution in [0.25, 0.3) is 6.08 Å². The van der Waals surface area contributed by atoms with Gasteiger partial charge < -0.3 is 14.2 Å². The highest BCUT2D eigenvalue weighted by molar-refractivity contribution is 8.19. The largest absolute Gasteiger partial charge is 0.493 e. The van der Waals surface area contributed by atoms with Gasteiger partial charge in [0.05, 0.1) is 37.6 Å². The molecule has 0 N–H and O–H groups in total. The van der Waals surface area contributed by atoms with Crippen LogP contribution in [0.4, 0.5) is 11.4 Å². The van der Waals surface area contributed by atoms with Crippen LogP contribution in [0.1, 0.15) is 5.56 Å². The van der Waals surface area contributed by atoms with E-state index in [1.807, 2.05) is 66.7 Å². The quantitative estimate of drug-likeness (QED) is 0.467. The van der Waals surface area contributed by atoms with Gasteiger partial charge in [-0.05, 0) is 54.2 Å². The second kappa shape index (κ2) is 9.62. The molecule has 1 saturated heterocycles. The van der Waals surface area contributed by atoms with Gasteiger partial charge in [0.25, 0.3) is 5.91 Å². The van der Waals surface area contributed by atoms with E-state index in [0.717, 1.165) is 11.4 Å². The van der Waals surface area contributed by atoms with E-state index in [9.17, 15) is 4.79 Å². The topological polar surface area (TPSA) is 60.4 Å². The van der Waals surface area contributed by atoms with Crippen LogP contribution in [-0.4, -0.2) is 32.4 Å². The molecule has 0 aromatic heterocycles. The number of hydrogen-bond donors (Lipinski definition) is 0. The van der Waals surface area contributed by atoms with Gasteiger partial charge in [-0.25, -0.2) is 4.99 Å². The molecule has 3 aromatic rings. The Morgan fingerprint density at radius 3 is 2.09 bits per heavy atom. The number of hydrogen-bond acceptors (Lipinski definition) is 6. The summed E-state index contributed by atoms with van der Waals surface area (Å²) in [6.45, 7) is 0. The summed E-state index contributed by atoms with van der Waals surface area (Å²) < 4.78 is 16.4. The van der Waals surface area contributed by atoms with Crippen LogP contribution >= 0.6 is 11.8 Å². The number of carbonyl (C=O) groups is 1. The van der Waals surface area contributed by atoms with Crippen LogP contribution in [0.15, 0.2) is 82.7 Å². The summed E-state index contributed by atoms with van der Waals surface area (Å²) in [6, 6.07) is 22.7. The number of rotatable bonds is 6. The van der Waals surface area contributed by atoms with Crippen molar-refractivity contribution >= 4 is 40.3 Å². The maximum absolute atomic E-state index is 13.4. The molecule has 162 valence electrons. The van der Waals surface area contributed by atoms with Crippen molar-refractivity contribution in [3.8, 4) is 17.2 Å². The molecule has 1 aliphatic rings. The molecular weight excluding hydrogens is 424 g/mol. The first-order valence-electron chi connectivity index (χ1n) is 9.88. The van der Waals surface area contributed by atoms with Crippen molar-refractivity contribution in [3.63, 3.8) is 0 Å². The Balaban J connectivity index is 1.80. The zero-order valence-electron chi connectivity index (χ0n) is 17.9. The third kappa shape index (κ3) is 4.20. The summed E-state index contributed by atoms with van der Waals surface area (Å²) in [5, 5.41) is 0.582. The molecule has 3 aromatic carbocycles. The van der Waals surface area contributed by atoms with Crippen LogP contribution in [0.5, 0.6) is 17.2 Å². The van der Waals surface area contributed by atoms with Gasteiger partial charge in [-0.15, -0.1) is 0 Å². The Labute approximate surface area is 191 Å². The molecule has 0 atom stereocenters. The number of amides is 1. The third-order valence-electron chi connectivity index (χ3n) is 4.82. The molecule has 0 unspecified atom stereocenters. The summed E-state index contributed by atoms with van der Waals surface area (Å²) in [5.41, 5.74) is 2.23. The van der Waals surface area contributed by atoms with E-state index < -0.39 is 0 Å². The van der Waals surface area contributed by atoms with E-state index in [1.54, 1.807) is 38.4 Å². The Morgan fingerprint density at radius 1 is 0.812 bits per heavy atom. The number of nitrogens with zero attached hydrogens (tertiary/aromatic N) is 2. The van der Waals surface area contributed by atoms with Crippen molar-refractivity contribution in [2.24, 2.45) is 4.99 Å². The molecular formula is C25H22N2O4S. The fraction of sp³-hybridized carbons (Fsp3) is 0.120. The van der Waals surface area contributed by atoms with E-state index in [-0.39, 0.29) is 5.91 Å². The first-order chi connectivity index (χ1) is 15.7. The van der Waals surface area contributed by atoms with Crippen LogP contribution in [0.2, 0.25) is 0 Å². The minimum Gasteiger partial charge on any atom is -0.493 e. The van der Waals surface area contributed by atoms with Crippen molar-refractivity contribution in [1.82, 2.24) is 0 Å². The van der Waals surface area contributed by atoms with E-state index in [0.29, 0.717) is 32.9 Å². The van der Waals surface area contributed by atoms with Crippen LogP contribution in [0, 0.1) is 0 Å². The number of aliphatic imine (C=N–C) groups is 1. The fourth-order valence-corrected chi connectivity index (χ4v) is 4.34. The molecule has 1 fully saturated rings. The lowest BCUT2D eigenvalue weighted by atomic mass is 10.1. The number of amidine groups is 1. The van der Waals surface area contributed by atoms with Gasteiger partial charge in [0.2, 0.25) is 5.75 Å². The monoisotopic (exact) mass is 446 g/mol. The van der Waals surface area contributed by atoms with Gasteiger partial charge in [-0.1, -0.05) is 36.4 Å². The van der Waals surface area contributed by atoms with Gasteiger partial charge in [0.15, 0.2) is 16.7 Å². The molecule has 4 rings (SSSR count). The lowest BCUT2D eigenvalue weighted by Gasteiger charge is -2.15. The Kier molecular flexibility index (Phi) is 6.47.